The van der Waals surface area contributed by atoms with E-state index in [1.165, 1.54) is 0 Å². The van der Waals surface area contributed by atoms with Gasteiger partial charge in [-0.15, -0.1) is 0 Å². The van der Waals surface area contributed by atoms with Crippen molar-refractivity contribution < 1.29 is 22.8 Å². The number of halogens is 2. The molecule has 2 aromatic heterocycles. The summed E-state index contributed by atoms with van der Waals surface area (Å²) in [6.45, 7) is 2.95. The maximum Gasteiger partial charge on any atom is 0.248 e. The fourth-order valence-corrected chi connectivity index (χ4v) is 5.14. The number of aryl methyl sites for hydroxylation is 1. The minimum atomic E-state index is -2.67. The van der Waals surface area contributed by atoms with Crippen molar-refractivity contribution in [2.75, 3.05) is 18.1 Å². The number of pyridine rings is 1. The Morgan fingerprint density at radius 1 is 1.08 bits per heavy atom. The standard InChI is InChI=1S/C30H36F2N4O3/c1-2-38-27-20-24(14-17-33-27)23-7-6-8-25(19-23)36(29(37)22-12-15-30(31,32)16-13-22)18-5-3-4-9-26-34-28(35-39-26)21-10-11-21/h6-8,14,17,19-22H,2-5,9-13,15-16,18H2,1H3. The first-order chi connectivity index (χ1) is 18.9. The number of rotatable bonds is 12. The summed E-state index contributed by atoms with van der Waals surface area (Å²) in [6, 6.07) is 11.6. The van der Waals surface area contributed by atoms with E-state index in [2.05, 4.69) is 15.1 Å². The lowest BCUT2D eigenvalue weighted by atomic mass is 9.85. The molecule has 7 nitrogen and oxygen atoms in total. The largest absolute Gasteiger partial charge is 0.478 e. The van der Waals surface area contributed by atoms with Crippen molar-refractivity contribution in [2.45, 2.75) is 83.0 Å². The van der Waals surface area contributed by atoms with E-state index in [1.807, 2.05) is 43.3 Å². The van der Waals surface area contributed by atoms with Crippen LogP contribution in [0.2, 0.25) is 0 Å². The summed E-state index contributed by atoms with van der Waals surface area (Å²) in [4.78, 5) is 24.2. The Bertz CT molecular complexity index is 1250. The summed E-state index contributed by atoms with van der Waals surface area (Å²) >= 11 is 0. The number of unbranched alkanes of at least 4 members (excludes halogenated alkanes) is 2. The first kappa shape index (κ1) is 27.2. The highest BCUT2D eigenvalue weighted by molar-refractivity contribution is 5.95. The molecule has 2 fully saturated rings. The highest BCUT2D eigenvalue weighted by Crippen LogP contribution is 2.39. The normalized spacial score (nSPS) is 17.2. The van der Waals surface area contributed by atoms with Crippen LogP contribution >= 0.6 is 0 Å². The number of alkyl halides is 2. The molecule has 0 aliphatic heterocycles. The van der Waals surface area contributed by atoms with Crippen LogP contribution in [0.15, 0.2) is 47.1 Å². The van der Waals surface area contributed by atoms with Crippen LogP contribution in [0.5, 0.6) is 5.88 Å². The molecule has 1 amide bonds. The molecule has 2 aliphatic carbocycles. The summed E-state index contributed by atoms with van der Waals surface area (Å²) in [6.07, 6.45) is 7.19. The van der Waals surface area contributed by atoms with Gasteiger partial charge in [-0.25, -0.2) is 13.8 Å². The van der Waals surface area contributed by atoms with Crippen LogP contribution in [0, 0.1) is 5.92 Å². The maximum atomic E-state index is 13.8. The second kappa shape index (κ2) is 12.2. The van der Waals surface area contributed by atoms with E-state index in [4.69, 9.17) is 9.26 Å². The molecule has 9 heteroatoms. The van der Waals surface area contributed by atoms with Crippen molar-refractivity contribution in [1.29, 1.82) is 0 Å². The van der Waals surface area contributed by atoms with E-state index < -0.39 is 11.8 Å². The van der Waals surface area contributed by atoms with E-state index in [0.29, 0.717) is 37.3 Å². The monoisotopic (exact) mass is 538 g/mol. The van der Waals surface area contributed by atoms with E-state index in [0.717, 1.165) is 54.7 Å². The highest BCUT2D eigenvalue weighted by Gasteiger charge is 2.39. The highest BCUT2D eigenvalue weighted by atomic mass is 19.3. The summed E-state index contributed by atoms with van der Waals surface area (Å²) in [5.74, 6) is -0.629. The summed E-state index contributed by atoms with van der Waals surface area (Å²) in [5.41, 5.74) is 2.65. The van der Waals surface area contributed by atoms with Gasteiger partial charge in [0.15, 0.2) is 5.82 Å². The number of amides is 1. The van der Waals surface area contributed by atoms with Crippen LogP contribution in [0.3, 0.4) is 0 Å². The number of hydrogen-bond donors (Lipinski definition) is 0. The molecule has 2 aliphatic rings. The predicted octanol–water partition coefficient (Wildman–Crippen LogP) is 6.98. The number of hydrogen-bond acceptors (Lipinski definition) is 6. The molecule has 3 aromatic rings. The molecule has 1 aromatic carbocycles. The van der Waals surface area contributed by atoms with Gasteiger partial charge in [0.05, 0.1) is 6.61 Å². The molecule has 0 bridgehead atoms. The smallest absolute Gasteiger partial charge is 0.248 e. The fourth-order valence-electron chi connectivity index (χ4n) is 5.14. The number of nitrogens with zero attached hydrogens (tertiary/aromatic N) is 4. The molecule has 0 spiro atoms. The predicted molar refractivity (Wildman–Crippen MR) is 144 cm³/mol. The van der Waals surface area contributed by atoms with Crippen molar-refractivity contribution in [3.8, 4) is 17.0 Å². The van der Waals surface area contributed by atoms with Gasteiger partial charge in [0.25, 0.3) is 0 Å². The van der Waals surface area contributed by atoms with Crippen LogP contribution in [0.25, 0.3) is 11.1 Å². The number of benzene rings is 1. The fraction of sp³-hybridized carbons (Fsp3) is 0.533. The average molecular weight is 539 g/mol. The maximum absolute atomic E-state index is 13.8. The number of anilines is 1. The third-order valence-electron chi connectivity index (χ3n) is 7.55. The number of ether oxygens (including phenoxy) is 1. The van der Waals surface area contributed by atoms with Crippen molar-refractivity contribution in [3.63, 3.8) is 0 Å². The molecular formula is C30H36F2N4O3. The van der Waals surface area contributed by atoms with Crippen LogP contribution in [0.1, 0.15) is 82.3 Å². The zero-order valence-corrected chi connectivity index (χ0v) is 22.5. The molecule has 5 rings (SSSR count). The van der Waals surface area contributed by atoms with Gasteiger partial charge in [-0.05, 0) is 74.8 Å². The first-order valence-corrected chi connectivity index (χ1v) is 14.1. The van der Waals surface area contributed by atoms with Gasteiger partial charge in [0, 0.05) is 55.6 Å². The van der Waals surface area contributed by atoms with Crippen LogP contribution < -0.4 is 9.64 Å². The second-order valence-electron chi connectivity index (χ2n) is 10.6. The van der Waals surface area contributed by atoms with E-state index in [1.54, 1.807) is 11.1 Å². The van der Waals surface area contributed by atoms with Crippen LogP contribution in [-0.2, 0) is 11.2 Å². The molecule has 0 unspecified atom stereocenters. The Morgan fingerprint density at radius 2 is 1.87 bits per heavy atom. The zero-order chi connectivity index (χ0) is 27.2. The summed E-state index contributed by atoms with van der Waals surface area (Å²) in [7, 11) is 0. The van der Waals surface area contributed by atoms with Gasteiger partial charge in [0.2, 0.25) is 23.6 Å². The van der Waals surface area contributed by atoms with Gasteiger partial charge in [-0.2, -0.15) is 4.98 Å². The lowest BCUT2D eigenvalue weighted by Crippen LogP contribution is -2.40. The quantitative estimate of drug-likeness (QED) is 0.232. The Kier molecular flexibility index (Phi) is 8.53. The third-order valence-corrected chi connectivity index (χ3v) is 7.55. The lowest BCUT2D eigenvalue weighted by molar-refractivity contribution is -0.126. The minimum absolute atomic E-state index is 0.0710. The van der Waals surface area contributed by atoms with Gasteiger partial charge in [-0.1, -0.05) is 23.7 Å². The van der Waals surface area contributed by atoms with Gasteiger partial charge < -0.3 is 14.2 Å². The van der Waals surface area contributed by atoms with Crippen molar-refractivity contribution >= 4 is 11.6 Å². The molecule has 0 atom stereocenters. The summed E-state index contributed by atoms with van der Waals surface area (Å²) in [5, 5.41) is 4.07. The van der Waals surface area contributed by atoms with Gasteiger partial charge >= 0.3 is 0 Å². The van der Waals surface area contributed by atoms with Crippen LogP contribution in [0.4, 0.5) is 14.5 Å². The summed E-state index contributed by atoms with van der Waals surface area (Å²) < 4.78 is 38.6. The van der Waals surface area contributed by atoms with Crippen molar-refractivity contribution in [3.05, 3.63) is 54.3 Å². The Hall–Kier alpha value is -3.36. The van der Waals surface area contributed by atoms with Crippen molar-refractivity contribution in [2.24, 2.45) is 5.92 Å². The molecule has 0 radical (unpaired) electrons. The van der Waals surface area contributed by atoms with Crippen molar-refractivity contribution in [1.82, 2.24) is 15.1 Å². The second-order valence-corrected chi connectivity index (χ2v) is 10.6. The topological polar surface area (TPSA) is 81.4 Å². The van der Waals surface area contributed by atoms with E-state index >= 15 is 0 Å². The number of aromatic nitrogens is 3. The molecule has 2 heterocycles. The molecule has 208 valence electrons. The molecule has 39 heavy (non-hydrogen) atoms. The Morgan fingerprint density at radius 3 is 2.64 bits per heavy atom. The van der Waals surface area contributed by atoms with E-state index in [-0.39, 0.29) is 31.6 Å². The molecule has 0 saturated heterocycles. The Labute approximate surface area is 228 Å². The van der Waals surface area contributed by atoms with Crippen LogP contribution in [-0.4, -0.2) is 40.1 Å². The first-order valence-electron chi connectivity index (χ1n) is 14.1. The zero-order valence-electron chi connectivity index (χ0n) is 22.5. The van der Waals surface area contributed by atoms with Gasteiger partial charge in [0.1, 0.15) is 0 Å². The lowest BCUT2D eigenvalue weighted by Gasteiger charge is -2.32. The molecule has 0 N–H and O–H groups in total. The van der Waals surface area contributed by atoms with Gasteiger partial charge in [-0.3, -0.25) is 4.79 Å². The minimum Gasteiger partial charge on any atom is -0.478 e. The Balaban J connectivity index is 1.27. The SMILES string of the molecule is CCOc1cc(-c2cccc(N(CCCCCc3nc(C4CC4)no3)C(=O)C3CCC(F)(F)CC3)c2)ccn1. The molecule has 2 saturated carbocycles. The van der Waals surface area contributed by atoms with E-state index in [9.17, 15) is 13.6 Å². The average Bonchev–Trinajstić information content (AvgIpc) is 3.68. The third kappa shape index (κ3) is 7.19. The number of carbonyl (C=O) groups excluding carboxylic acids is 1. The number of carbonyl (C=O) groups is 1. The molecular weight excluding hydrogens is 502 g/mol.